The molecule has 0 spiro atoms. The lowest BCUT2D eigenvalue weighted by Crippen LogP contribution is -2.54. The maximum Gasteiger partial charge on any atom is 0.324 e. The summed E-state index contributed by atoms with van der Waals surface area (Å²) >= 11 is 0. The zero-order valence-corrected chi connectivity index (χ0v) is 10.1. The summed E-state index contributed by atoms with van der Waals surface area (Å²) in [4.78, 5) is 13.8. The smallest absolute Gasteiger partial charge is 0.324 e. The topological polar surface area (TPSA) is 41.6 Å². The lowest BCUT2D eigenvalue weighted by molar-refractivity contribution is -0.147. The standard InChI is InChI=1S/C13H18N2O2/c1-17-13(16)12-9-14-7-8-15(12)10-11-5-3-2-4-6-11/h2-6,12,14H,7-10H2,1H3/t12-/m0/s1. The van der Waals surface area contributed by atoms with Crippen LogP contribution in [0.1, 0.15) is 5.56 Å². The van der Waals surface area contributed by atoms with Gasteiger partial charge in [0.05, 0.1) is 7.11 Å². The molecule has 0 saturated carbocycles. The summed E-state index contributed by atoms with van der Waals surface area (Å²) in [5.41, 5.74) is 1.23. The van der Waals surface area contributed by atoms with Gasteiger partial charge in [-0.15, -0.1) is 0 Å². The Labute approximate surface area is 102 Å². The van der Waals surface area contributed by atoms with Gasteiger partial charge in [-0.05, 0) is 5.56 Å². The van der Waals surface area contributed by atoms with Gasteiger partial charge in [0.2, 0.25) is 0 Å². The van der Waals surface area contributed by atoms with Crippen LogP contribution in [0.4, 0.5) is 0 Å². The maximum absolute atomic E-state index is 11.7. The Morgan fingerprint density at radius 2 is 2.24 bits per heavy atom. The molecular formula is C13H18N2O2. The first-order chi connectivity index (χ1) is 8.31. The first kappa shape index (κ1) is 12.1. The summed E-state index contributed by atoms with van der Waals surface area (Å²) < 4.78 is 4.84. The molecule has 1 aliphatic heterocycles. The number of hydrogen-bond donors (Lipinski definition) is 1. The van der Waals surface area contributed by atoms with Crippen molar-refractivity contribution in [1.82, 2.24) is 10.2 Å². The van der Waals surface area contributed by atoms with Crippen LogP contribution in [0.2, 0.25) is 0 Å². The Hall–Kier alpha value is -1.39. The number of nitrogens with one attached hydrogen (secondary N) is 1. The predicted molar refractivity (Wildman–Crippen MR) is 65.5 cm³/mol. The first-order valence-corrected chi connectivity index (χ1v) is 5.88. The highest BCUT2D eigenvalue weighted by molar-refractivity contribution is 5.76. The van der Waals surface area contributed by atoms with Gasteiger partial charge in [0, 0.05) is 26.2 Å². The summed E-state index contributed by atoms with van der Waals surface area (Å²) in [6.45, 7) is 3.25. The van der Waals surface area contributed by atoms with E-state index in [1.807, 2.05) is 18.2 Å². The van der Waals surface area contributed by atoms with Crippen LogP contribution in [0.5, 0.6) is 0 Å². The molecule has 4 heteroatoms. The molecule has 1 heterocycles. The lowest BCUT2D eigenvalue weighted by atomic mass is 10.1. The van der Waals surface area contributed by atoms with Crippen LogP contribution in [0.25, 0.3) is 0 Å². The lowest BCUT2D eigenvalue weighted by Gasteiger charge is -2.34. The Bertz CT molecular complexity index is 367. The van der Waals surface area contributed by atoms with Crippen molar-refractivity contribution in [3.8, 4) is 0 Å². The average molecular weight is 234 g/mol. The molecule has 4 nitrogen and oxygen atoms in total. The van der Waals surface area contributed by atoms with E-state index in [2.05, 4.69) is 22.3 Å². The third-order valence-corrected chi connectivity index (χ3v) is 3.06. The highest BCUT2D eigenvalue weighted by atomic mass is 16.5. The number of nitrogens with zero attached hydrogens (tertiary/aromatic N) is 1. The Morgan fingerprint density at radius 1 is 1.47 bits per heavy atom. The van der Waals surface area contributed by atoms with Crippen LogP contribution < -0.4 is 5.32 Å². The van der Waals surface area contributed by atoms with Crippen LogP contribution in [0.15, 0.2) is 30.3 Å². The third-order valence-electron chi connectivity index (χ3n) is 3.06. The number of rotatable bonds is 3. The van der Waals surface area contributed by atoms with E-state index in [9.17, 15) is 4.79 Å². The van der Waals surface area contributed by atoms with Crippen LogP contribution in [-0.2, 0) is 16.1 Å². The molecular weight excluding hydrogens is 216 g/mol. The second kappa shape index (κ2) is 5.80. The number of carbonyl (C=O) groups excluding carboxylic acids is 1. The molecule has 0 radical (unpaired) electrons. The molecule has 0 unspecified atom stereocenters. The van der Waals surface area contributed by atoms with Gasteiger partial charge in [-0.1, -0.05) is 30.3 Å². The van der Waals surface area contributed by atoms with E-state index in [0.717, 1.165) is 19.6 Å². The van der Waals surface area contributed by atoms with Gasteiger partial charge >= 0.3 is 5.97 Å². The molecule has 92 valence electrons. The highest BCUT2D eigenvalue weighted by Crippen LogP contribution is 2.11. The molecule has 0 aliphatic carbocycles. The minimum Gasteiger partial charge on any atom is -0.468 e. The number of esters is 1. The van der Waals surface area contributed by atoms with Crippen LogP contribution in [0, 0.1) is 0 Å². The number of piperazine rings is 1. The fourth-order valence-corrected chi connectivity index (χ4v) is 2.12. The van der Waals surface area contributed by atoms with Crippen molar-refractivity contribution in [3.63, 3.8) is 0 Å². The van der Waals surface area contributed by atoms with Crippen molar-refractivity contribution >= 4 is 5.97 Å². The Morgan fingerprint density at radius 3 is 2.94 bits per heavy atom. The van der Waals surface area contributed by atoms with Gasteiger partial charge in [-0.3, -0.25) is 9.69 Å². The second-order valence-corrected chi connectivity index (χ2v) is 4.20. The summed E-state index contributed by atoms with van der Waals surface area (Å²) in [5, 5.41) is 3.22. The van der Waals surface area contributed by atoms with Gasteiger partial charge in [-0.2, -0.15) is 0 Å². The molecule has 0 aromatic heterocycles. The number of methoxy groups -OCH3 is 1. The van der Waals surface area contributed by atoms with Crippen molar-refractivity contribution in [1.29, 1.82) is 0 Å². The average Bonchev–Trinajstić information content (AvgIpc) is 2.40. The van der Waals surface area contributed by atoms with Gasteiger partial charge in [-0.25, -0.2) is 0 Å². The summed E-state index contributed by atoms with van der Waals surface area (Å²) in [5.74, 6) is -0.159. The zero-order valence-electron chi connectivity index (χ0n) is 10.1. The van der Waals surface area contributed by atoms with Crippen LogP contribution >= 0.6 is 0 Å². The molecule has 1 N–H and O–H groups in total. The summed E-state index contributed by atoms with van der Waals surface area (Å²) in [6.07, 6.45) is 0. The van der Waals surface area contributed by atoms with Gasteiger partial charge in [0.15, 0.2) is 0 Å². The van der Waals surface area contributed by atoms with Crippen molar-refractivity contribution in [2.45, 2.75) is 12.6 Å². The fraction of sp³-hybridized carbons (Fsp3) is 0.462. The minimum absolute atomic E-state index is 0.159. The van der Waals surface area contributed by atoms with E-state index < -0.39 is 0 Å². The quantitative estimate of drug-likeness (QED) is 0.779. The third kappa shape index (κ3) is 3.05. The molecule has 1 atom stereocenters. The normalized spacial score (nSPS) is 21.1. The van der Waals surface area contributed by atoms with E-state index in [1.165, 1.54) is 12.7 Å². The molecule has 1 aromatic carbocycles. The van der Waals surface area contributed by atoms with E-state index >= 15 is 0 Å². The predicted octanol–water partition coefficient (Wildman–Crippen LogP) is 0.633. The number of benzene rings is 1. The molecule has 1 aromatic rings. The summed E-state index contributed by atoms with van der Waals surface area (Å²) in [6, 6.07) is 10.0. The van der Waals surface area contributed by atoms with Gasteiger partial charge in [0.1, 0.15) is 6.04 Å². The Kier molecular flexibility index (Phi) is 4.12. The fourth-order valence-electron chi connectivity index (χ4n) is 2.12. The van der Waals surface area contributed by atoms with Gasteiger partial charge in [0.25, 0.3) is 0 Å². The van der Waals surface area contributed by atoms with E-state index in [0.29, 0.717) is 6.54 Å². The van der Waals surface area contributed by atoms with E-state index in [1.54, 1.807) is 0 Å². The molecule has 0 bridgehead atoms. The molecule has 17 heavy (non-hydrogen) atoms. The number of hydrogen-bond acceptors (Lipinski definition) is 4. The van der Waals surface area contributed by atoms with E-state index in [-0.39, 0.29) is 12.0 Å². The molecule has 1 aliphatic rings. The molecule has 1 saturated heterocycles. The molecule has 2 rings (SSSR count). The number of ether oxygens (including phenoxy) is 1. The second-order valence-electron chi connectivity index (χ2n) is 4.20. The van der Waals surface area contributed by atoms with Crippen molar-refractivity contribution in [2.75, 3.05) is 26.7 Å². The van der Waals surface area contributed by atoms with E-state index in [4.69, 9.17) is 4.74 Å². The first-order valence-electron chi connectivity index (χ1n) is 5.88. The largest absolute Gasteiger partial charge is 0.468 e. The highest BCUT2D eigenvalue weighted by Gasteiger charge is 2.29. The number of carbonyl (C=O) groups is 1. The van der Waals surface area contributed by atoms with Crippen LogP contribution in [0.3, 0.4) is 0 Å². The van der Waals surface area contributed by atoms with Gasteiger partial charge < -0.3 is 10.1 Å². The zero-order chi connectivity index (χ0) is 12.1. The van der Waals surface area contributed by atoms with Crippen molar-refractivity contribution in [3.05, 3.63) is 35.9 Å². The maximum atomic E-state index is 11.7. The molecule has 0 amide bonds. The SMILES string of the molecule is COC(=O)[C@@H]1CNCCN1Cc1ccccc1. The monoisotopic (exact) mass is 234 g/mol. The minimum atomic E-state index is -0.172. The molecule has 1 fully saturated rings. The van der Waals surface area contributed by atoms with Crippen molar-refractivity contribution in [2.24, 2.45) is 0 Å². The van der Waals surface area contributed by atoms with Crippen LogP contribution in [-0.4, -0.2) is 43.7 Å². The van der Waals surface area contributed by atoms with Crippen molar-refractivity contribution < 1.29 is 9.53 Å². The Balaban J connectivity index is 2.04. The summed E-state index contributed by atoms with van der Waals surface area (Å²) in [7, 11) is 1.44.